The standard InChI is InChI=1S/Bi.Ca.Cu.O.Pb.Sr.8H. The Morgan fingerprint density at radius 1 is 1.50 bits per heavy atom. The van der Waals surface area contributed by atoms with Gasteiger partial charge in [-0.05, 0) is 0 Å². The molecule has 6 heteroatoms. The molecule has 0 rings (SSSR count). The third-order valence-corrected chi connectivity index (χ3v) is 0. The van der Waals surface area contributed by atoms with E-state index in [1.54, 1.807) is 0 Å². The van der Waals surface area contributed by atoms with Crippen LogP contribution < -0.4 is 0 Å². The first-order chi connectivity index (χ1) is 1.41. The van der Waals surface area contributed by atoms with Crippen molar-refractivity contribution in [2.45, 2.75) is 0 Å². The van der Waals surface area contributed by atoms with Crippen molar-refractivity contribution in [3.8, 4) is 0 Å². The summed E-state index contributed by atoms with van der Waals surface area (Å²) in [6.07, 6.45) is 0. The first-order valence-electron chi connectivity index (χ1n) is 0.297. The van der Waals surface area contributed by atoms with Gasteiger partial charge < -0.3 is 0 Å². The van der Waals surface area contributed by atoms with Gasteiger partial charge in [-0.25, -0.2) is 0 Å². The van der Waals surface area contributed by atoms with Gasteiger partial charge in [-0.15, -0.1) is 0 Å². The molecular weight excluding hydrogens is 623 g/mol. The molecule has 0 aliphatic heterocycles. The summed E-state index contributed by atoms with van der Waals surface area (Å²) in [7, 11) is 0.729. The summed E-state index contributed by atoms with van der Waals surface area (Å²) >= 11 is 0.568. The van der Waals surface area contributed by atoms with Crippen molar-refractivity contribution in [1.82, 2.24) is 0 Å². The van der Waals surface area contributed by atoms with Crippen LogP contribution in [0.25, 0.3) is 0 Å². The molecule has 0 atom stereocenters. The second-order valence-electron chi connectivity index (χ2n) is 0.0711. The zero-order valence-electron chi connectivity index (χ0n) is 1.99. The van der Waals surface area contributed by atoms with Gasteiger partial charge in [0, 0.05) is 0 Å². The number of hydrogen-bond donors (Lipinski definition) is 0. The topological polar surface area (TPSA) is 17.1 Å². The summed E-state index contributed by atoms with van der Waals surface area (Å²) in [6.45, 7) is 0. The molecule has 6 heavy (non-hydrogen) atoms. The summed E-state index contributed by atoms with van der Waals surface area (Å²) < 4.78 is 8.91. The van der Waals surface area contributed by atoms with Crippen molar-refractivity contribution in [3.05, 3.63) is 0 Å². The van der Waals surface area contributed by atoms with E-state index in [-0.39, 0.29) is 109 Å². The summed E-state index contributed by atoms with van der Waals surface area (Å²) in [4.78, 5) is 0. The van der Waals surface area contributed by atoms with Gasteiger partial charge in [-0.3, -0.25) is 0 Å². The molecule has 0 saturated heterocycles. The van der Waals surface area contributed by atoms with E-state index < -0.39 is 0 Å². The van der Waals surface area contributed by atoms with Crippen LogP contribution in [-0.4, -0.2) is 133 Å². The second kappa shape index (κ2) is 22.5. The van der Waals surface area contributed by atoms with Crippen LogP contribution in [-0.2, 0) is 14.8 Å². The van der Waals surface area contributed by atoms with Crippen molar-refractivity contribution in [3.63, 3.8) is 0 Å². The maximum absolute atomic E-state index is 8.91. The molecular formula is H8BiCaCuOPbSr. The molecule has 0 amide bonds. The zero-order chi connectivity index (χ0) is 2.71. The molecule has 0 aliphatic rings. The molecule has 1 nitrogen and oxygen atoms in total. The molecule has 0 aliphatic carbocycles. The Bertz CT molecular complexity index is 23.0. The van der Waals surface area contributed by atoms with E-state index in [9.17, 15) is 0 Å². The molecule has 0 spiro atoms. The molecule has 0 bridgehead atoms. The van der Waals surface area contributed by atoms with Crippen LogP contribution in [0.4, 0.5) is 0 Å². The fraction of sp³-hybridized carbons (Fsp3) is 0. The third kappa shape index (κ3) is 23.2. The summed E-state index contributed by atoms with van der Waals surface area (Å²) in [5.74, 6) is 0. The van der Waals surface area contributed by atoms with Crippen LogP contribution >= 0.6 is 0 Å². The molecule has 0 aromatic rings. The second-order valence-corrected chi connectivity index (χ2v) is 2.57. The fourth-order valence-corrected chi connectivity index (χ4v) is 0. The van der Waals surface area contributed by atoms with Crippen LogP contribution in [0.2, 0.25) is 0 Å². The number of rotatable bonds is 0. The van der Waals surface area contributed by atoms with Gasteiger partial charge in [0.15, 0.2) is 0 Å². The van der Waals surface area contributed by atoms with Gasteiger partial charge in [0.2, 0.25) is 0 Å². The van der Waals surface area contributed by atoms with E-state index in [4.69, 9.17) is 3.83 Å². The van der Waals surface area contributed by atoms with Crippen molar-refractivity contribution >= 4 is 133 Å². The molecule has 2 radical (unpaired) electrons. The molecule has 0 unspecified atom stereocenters. The predicted molar refractivity (Wildman–Crippen MR) is 34.9 cm³/mol. The summed E-state index contributed by atoms with van der Waals surface area (Å²) in [5.41, 5.74) is 0. The maximum atomic E-state index is 8.91. The minimum absolute atomic E-state index is 0. The zero-order valence-corrected chi connectivity index (χ0v) is 12.9. The Hall–Kier alpha value is 4.86. The number of hydrogen-bond acceptors (Lipinski definition) is 1. The fourth-order valence-electron chi connectivity index (χ4n) is 0. The molecule has 0 N–H and O–H groups in total. The quantitative estimate of drug-likeness (QED) is 0.251. The Morgan fingerprint density at radius 2 is 1.50 bits per heavy atom. The van der Waals surface area contributed by atoms with Crippen molar-refractivity contribution < 1.29 is 14.8 Å². The normalized spacial score (nSPS) is 3.50. The SMILES string of the molecule is [BiH3].[CaH2].[O]=[Cu][PbH].[SrH2]. The van der Waals surface area contributed by atoms with E-state index in [2.05, 4.69) is 0 Å². The average Bonchev–Trinajstić information content (AvgIpc) is 0.918. The monoisotopic (exact) mass is 632 g/mol. The molecule has 38 valence electrons. The third-order valence-electron chi connectivity index (χ3n) is 0. The minimum atomic E-state index is 0. The molecule has 0 saturated carbocycles. The van der Waals surface area contributed by atoms with Gasteiger partial charge in [-0.1, -0.05) is 0 Å². The van der Waals surface area contributed by atoms with Crippen LogP contribution in [0.1, 0.15) is 0 Å². The molecule has 0 aromatic heterocycles. The summed E-state index contributed by atoms with van der Waals surface area (Å²) in [5, 5.41) is 0. The van der Waals surface area contributed by atoms with E-state index in [1.807, 2.05) is 0 Å². The molecule has 0 fully saturated rings. The van der Waals surface area contributed by atoms with Gasteiger partial charge in [0.25, 0.3) is 0 Å². The first-order valence-corrected chi connectivity index (χ1v) is 6.81. The molecule has 0 aromatic carbocycles. The Balaban J connectivity index is -0.00000000667. The average molecular weight is 631 g/mol. The Labute approximate surface area is 143 Å². The van der Waals surface area contributed by atoms with Crippen LogP contribution in [0.15, 0.2) is 0 Å². The Morgan fingerprint density at radius 3 is 1.50 bits per heavy atom. The Kier molecular flexibility index (Phi) is 84.3. The van der Waals surface area contributed by atoms with E-state index in [0.717, 1.165) is 10.9 Å². The first kappa shape index (κ1) is 22.4. The van der Waals surface area contributed by atoms with Crippen LogP contribution in [0.5, 0.6) is 0 Å². The van der Waals surface area contributed by atoms with Gasteiger partial charge in [0.1, 0.15) is 0 Å². The van der Waals surface area contributed by atoms with Crippen LogP contribution in [0, 0.1) is 0 Å². The van der Waals surface area contributed by atoms with Gasteiger partial charge in [0.05, 0.1) is 0 Å². The van der Waals surface area contributed by atoms with E-state index in [1.165, 1.54) is 0 Å². The summed E-state index contributed by atoms with van der Waals surface area (Å²) in [6, 6.07) is 0. The predicted octanol–water partition coefficient (Wildman–Crippen LogP) is -3.79. The molecule has 0 heterocycles. The van der Waals surface area contributed by atoms with Crippen molar-refractivity contribution in [2.75, 3.05) is 0 Å². The van der Waals surface area contributed by atoms with Crippen molar-refractivity contribution in [1.29, 1.82) is 0 Å². The van der Waals surface area contributed by atoms with E-state index >= 15 is 0 Å². The van der Waals surface area contributed by atoms with Gasteiger partial charge in [-0.2, -0.15) is 0 Å². The van der Waals surface area contributed by atoms with E-state index in [0.29, 0.717) is 23.3 Å². The van der Waals surface area contributed by atoms with Crippen molar-refractivity contribution in [2.24, 2.45) is 0 Å². The van der Waals surface area contributed by atoms with Crippen LogP contribution in [0.3, 0.4) is 0 Å². The van der Waals surface area contributed by atoms with Gasteiger partial charge >= 0.3 is 148 Å².